The predicted molar refractivity (Wildman–Crippen MR) is 278 cm³/mol. The molecule has 1 saturated heterocycles. The fraction of sp³-hybridized carbons (Fsp3) is 0.867. The van der Waals surface area contributed by atoms with Crippen LogP contribution in [0, 0.1) is 46.3 Å². The van der Waals surface area contributed by atoms with Crippen LogP contribution in [0.4, 0.5) is 0 Å². The van der Waals surface area contributed by atoms with Crippen molar-refractivity contribution in [3.63, 3.8) is 0 Å². The summed E-state index contributed by atoms with van der Waals surface area (Å²) in [6, 6.07) is 0.577. The molecule has 1 heterocycles. The highest BCUT2D eigenvalue weighted by molar-refractivity contribution is 5.77. The van der Waals surface area contributed by atoms with Crippen LogP contribution in [0.2, 0.25) is 0 Å². The molecule has 0 amide bonds. The number of fused-ring (bicyclic) bond motifs is 5. The van der Waals surface area contributed by atoms with Crippen LogP contribution < -0.4 is 0 Å². The van der Waals surface area contributed by atoms with Crippen molar-refractivity contribution in [3.05, 3.63) is 36.0 Å². The van der Waals surface area contributed by atoms with E-state index in [4.69, 9.17) is 18.9 Å². The first-order valence-corrected chi connectivity index (χ1v) is 28.7. The van der Waals surface area contributed by atoms with Gasteiger partial charge in [-0.15, -0.1) is 0 Å². The predicted octanol–water partition coefficient (Wildman–Crippen LogP) is 15.4. The minimum Gasteiger partial charge on any atom is -0.466 e. The molecular formula is C60H103NO6. The fourth-order valence-electron chi connectivity index (χ4n) is 13.9. The molecule has 0 bridgehead atoms. The van der Waals surface area contributed by atoms with E-state index in [1.165, 1.54) is 134 Å². The molecule has 5 rings (SSSR count). The highest BCUT2D eigenvalue weighted by Gasteiger charge is 2.59. The van der Waals surface area contributed by atoms with Crippen LogP contribution in [-0.2, 0) is 28.5 Å². The van der Waals surface area contributed by atoms with Crippen molar-refractivity contribution in [1.82, 2.24) is 4.90 Å². The molecule has 7 heteroatoms. The molecule has 10 atom stereocenters. The Balaban J connectivity index is 0.911. The Bertz CT molecular complexity index is 1500. The van der Waals surface area contributed by atoms with Crippen molar-refractivity contribution in [2.24, 2.45) is 46.3 Å². The molecule has 0 radical (unpaired) electrons. The van der Waals surface area contributed by atoms with Gasteiger partial charge in [-0.3, -0.25) is 14.5 Å². The lowest BCUT2D eigenvalue weighted by atomic mass is 9.47. The SMILES string of the molecule is CCCCC/C=C\C/C=C\CCCCCCCCOC[C@@H](CN1CCC[C@@H]1C)OCCCOC(=O)CCC(=O)O[C@H]1CC[C@@]2(C)C(=CCC3C2CC[C@@]2(C)C3CC[C@@H]2C(C)CCCC(C)C)C1. The molecular weight excluding hydrogens is 831 g/mol. The van der Waals surface area contributed by atoms with E-state index >= 15 is 0 Å². The zero-order chi connectivity index (χ0) is 47.9. The number of ether oxygens (including phenoxy) is 4. The number of carbonyl (C=O) groups excluding carboxylic acids is 2. The number of hydrogen-bond acceptors (Lipinski definition) is 7. The van der Waals surface area contributed by atoms with E-state index in [-0.39, 0.29) is 42.4 Å². The number of nitrogens with zero attached hydrogens (tertiary/aromatic N) is 1. The average Bonchev–Trinajstić information content (AvgIpc) is 3.88. The molecule has 0 aromatic heterocycles. The van der Waals surface area contributed by atoms with Crippen molar-refractivity contribution in [2.75, 3.05) is 39.5 Å². The molecule has 1 aliphatic heterocycles. The Morgan fingerprint density at radius 2 is 1.52 bits per heavy atom. The molecule has 4 fully saturated rings. The van der Waals surface area contributed by atoms with Gasteiger partial charge in [-0.2, -0.15) is 0 Å². The summed E-state index contributed by atoms with van der Waals surface area (Å²) < 4.78 is 24.1. The maximum absolute atomic E-state index is 13.0. The molecule has 4 aliphatic carbocycles. The van der Waals surface area contributed by atoms with Gasteiger partial charge < -0.3 is 18.9 Å². The number of esters is 2. The fourth-order valence-corrected chi connectivity index (χ4v) is 13.9. The van der Waals surface area contributed by atoms with Crippen LogP contribution in [0.3, 0.4) is 0 Å². The van der Waals surface area contributed by atoms with Gasteiger partial charge in [0.1, 0.15) is 6.10 Å². The summed E-state index contributed by atoms with van der Waals surface area (Å²) in [6.45, 7) is 21.3. The van der Waals surface area contributed by atoms with Gasteiger partial charge in [0.15, 0.2) is 0 Å². The van der Waals surface area contributed by atoms with E-state index in [0.29, 0.717) is 37.7 Å². The van der Waals surface area contributed by atoms with Gasteiger partial charge in [0.2, 0.25) is 0 Å². The smallest absolute Gasteiger partial charge is 0.306 e. The number of allylic oxidation sites excluding steroid dienone is 5. The minimum absolute atomic E-state index is 0.00987. The van der Waals surface area contributed by atoms with Gasteiger partial charge in [-0.25, -0.2) is 0 Å². The summed E-state index contributed by atoms with van der Waals surface area (Å²) in [6.07, 6.45) is 43.8. The quantitative estimate of drug-likeness (QED) is 0.0369. The van der Waals surface area contributed by atoms with Crippen LogP contribution >= 0.6 is 0 Å². The third-order valence-corrected chi connectivity index (χ3v) is 17.9. The first kappa shape index (κ1) is 56.0. The Morgan fingerprint density at radius 1 is 0.776 bits per heavy atom. The second-order valence-corrected chi connectivity index (χ2v) is 23.4. The largest absolute Gasteiger partial charge is 0.466 e. The maximum atomic E-state index is 13.0. The molecule has 67 heavy (non-hydrogen) atoms. The number of carbonyl (C=O) groups is 2. The minimum atomic E-state index is -0.336. The lowest BCUT2D eigenvalue weighted by Crippen LogP contribution is -2.51. The monoisotopic (exact) mass is 934 g/mol. The summed E-state index contributed by atoms with van der Waals surface area (Å²) in [4.78, 5) is 28.2. The van der Waals surface area contributed by atoms with E-state index in [1.54, 1.807) is 0 Å². The number of hydrogen-bond donors (Lipinski definition) is 0. The van der Waals surface area contributed by atoms with Gasteiger partial charge in [0, 0.05) is 32.0 Å². The van der Waals surface area contributed by atoms with Gasteiger partial charge in [0.05, 0.1) is 38.8 Å². The molecule has 5 aliphatic rings. The van der Waals surface area contributed by atoms with E-state index in [9.17, 15) is 9.59 Å². The average molecular weight is 934 g/mol. The summed E-state index contributed by atoms with van der Waals surface area (Å²) in [7, 11) is 0. The lowest BCUT2D eigenvalue weighted by molar-refractivity contribution is -0.155. The maximum Gasteiger partial charge on any atom is 0.306 e. The van der Waals surface area contributed by atoms with Crippen molar-refractivity contribution < 1.29 is 28.5 Å². The second-order valence-electron chi connectivity index (χ2n) is 23.4. The zero-order valence-electron chi connectivity index (χ0n) is 44.5. The van der Waals surface area contributed by atoms with E-state index in [2.05, 4.69) is 83.7 Å². The van der Waals surface area contributed by atoms with E-state index < -0.39 is 0 Å². The Labute approximate surface area is 412 Å². The zero-order valence-corrected chi connectivity index (χ0v) is 44.5. The van der Waals surface area contributed by atoms with Gasteiger partial charge in [-0.1, -0.05) is 135 Å². The summed E-state index contributed by atoms with van der Waals surface area (Å²) in [5, 5.41) is 0. The Morgan fingerprint density at radius 3 is 2.27 bits per heavy atom. The van der Waals surface area contributed by atoms with Crippen molar-refractivity contribution in [1.29, 1.82) is 0 Å². The Kier molecular flexibility index (Phi) is 25.1. The van der Waals surface area contributed by atoms with E-state index in [1.807, 2.05) is 0 Å². The summed E-state index contributed by atoms with van der Waals surface area (Å²) in [5.41, 5.74) is 2.26. The molecule has 0 aromatic rings. The van der Waals surface area contributed by atoms with Crippen LogP contribution in [0.15, 0.2) is 36.0 Å². The van der Waals surface area contributed by atoms with Gasteiger partial charge in [-0.05, 0) is 156 Å². The molecule has 4 unspecified atom stereocenters. The first-order valence-electron chi connectivity index (χ1n) is 28.7. The summed E-state index contributed by atoms with van der Waals surface area (Å²) in [5.74, 6) is 4.31. The highest BCUT2D eigenvalue weighted by atomic mass is 16.6. The van der Waals surface area contributed by atoms with Gasteiger partial charge >= 0.3 is 11.9 Å². The van der Waals surface area contributed by atoms with Gasteiger partial charge in [0.25, 0.3) is 0 Å². The number of unbranched alkanes of at least 4 members (excludes halogenated alkanes) is 9. The molecule has 3 saturated carbocycles. The normalized spacial score (nSPS) is 29.5. The van der Waals surface area contributed by atoms with Crippen molar-refractivity contribution >= 4 is 11.9 Å². The third-order valence-electron chi connectivity index (χ3n) is 17.9. The number of likely N-dealkylation sites (tertiary alicyclic amines) is 1. The Hall–Kier alpha value is -1.96. The molecule has 0 N–H and O–H groups in total. The summed E-state index contributed by atoms with van der Waals surface area (Å²) >= 11 is 0. The van der Waals surface area contributed by atoms with Crippen LogP contribution in [-0.4, -0.2) is 74.6 Å². The first-order chi connectivity index (χ1) is 32.4. The standard InChI is InChI=1S/C60H103NO6/c1-8-9-10-11-12-13-14-15-16-17-18-19-20-21-22-23-41-64-46-52(45-61-40-25-29-49(61)5)65-42-26-43-66-57(62)34-35-58(63)67-51-36-38-59(6)50(44-51)30-31-53-55-33-32-54(48(4)28-24-27-47(2)3)60(55,7)39-37-56(53)59/h12-13,15-16,30,47-49,51-56H,8-11,14,17-29,31-46H2,1-7H3/b13-12-,16-15-/t48?,49-,51-,52+,53?,54+,55?,56?,59-,60+/m0/s1. The third kappa shape index (κ3) is 18.0. The molecule has 7 nitrogen and oxygen atoms in total. The molecule has 0 aromatic carbocycles. The molecule has 384 valence electrons. The number of rotatable bonds is 33. The van der Waals surface area contributed by atoms with Crippen LogP contribution in [0.25, 0.3) is 0 Å². The highest BCUT2D eigenvalue weighted by Crippen LogP contribution is 2.67. The van der Waals surface area contributed by atoms with E-state index in [0.717, 1.165) is 87.3 Å². The van der Waals surface area contributed by atoms with Crippen LogP contribution in [0.5, 0.6) is 0 Å². The van der Waals surface area contributed by atoms with Crippen molar-refractivity contribution in [3.8, 4) is 0 Å². The van der Waals surface area contributed by atoms with Crippen molar-refractivity contribution in [2.45, 2.75) is 246 Å². The van der Waals surface area contributed by atoms with Crippen LogP contribution in [0.1, 0.15) is 228 Å². The molecule has 0 spiro atoms. The lowest BCUT2D eigenvalue weighted by Gasteiger charge is -2.58. The second kappa shape index (κ2) is 30.0. The topological polar surface area (TPSA) is 74.3 Å².